The van der Waals surface area contributed by atoms with Gasteiger partial charge in [-0.15, -0.1) is 17.9 Å². The third kappa shape index (κ3) is 2.98. The normalized spacial score (nSPS) is 12.8. The van der Waals surface area contributed by atoms with Crippen molar-refractivity contribution >= 4 is 11.3 Å². The van der Waals surface area contributed by atoms with Gasteiger partial charge in [0.2, 0.25) is 0 Å². The molecular weight excluding hydrogens is 178 g/mol. The number of hydrogen-bond acceptors (Lipinski definition) is 2. The van der Waals surface area contributed by atoms with Gasteiger partial charge in [0.15, 0.2) is 0 Å². The maximum atomic E-state index is 6.01. The highest BCUT2D eigenvalue weighted by Gasteiger charge is 2.08. The highest BCUT2D eigenvalue weighted by Crippen LogP contribution is 2.25. The van der Waals surface area contributed by atoms with Gasteiger partial charge < -0.3 is 5.73 Å². The molecule has 1 atom stereocenters. The monoisotopic (exact) mass is 195 g/mol. The lowest BCUT2D eigenvalue weighted by Crippen LogP contribution is -2.08. The molecule has 0 radical (unpaired) electrons. The first-order valence-corrected chi connectivity index (χ1v) is 5.43. The summed E-state index contributed by atoms with van der Waals surface area (Å²) in [6.45, 7) is 8.06. The third-order valence-electron chi connectivity index (χ3n) is 1.96. The van der Waals surface area contributed by atoms with E-state index in [0.29, 0.717) is 0 Å². The fourth-order valence-corrected chi connectivity index (χ4v) is 2.21. The van der Waals surface area contributed by atoms with Crippen LogP contribution in [0, 0.1) is 0 Å². The molecule has 0 bridgehead atoms. The smallest absolute Gasteiger partial charge is 0.0427 e. The molecule has 1 nitrogen and oxygen atoms in total. The second kappa shape index (κ2) is 4.58. The Kier molecular flexibility index (Phi) is 3.70. The van der Waals surface area contributed by atoms with Crippen LogP contribution >= 0.6 is 11.3 Å². The predicted octanol–water partition coefficient (Wildman–Crippen LogP) is 3.28. The first-order valence-electron chi connectivity index (χ1n) is 4.62. The Morgan fingerprint density at radius 1 is 1.62 bits per heavy atom. The SMILES string of the molecule is C=C(C)CC(N)c1ccc(CC)s1. The van der Waals surface area contributed by atoms with E-state index in [1.165, 1.54) is 9.75 Å². The molecule has 0 aliphatic rings. The van der Waals surface area contributed by atoms with Crippen molar-refractivity contribution in [1.82, 2.24) is 0 Å². The van der Waals surface area contributed by atoms with E-state index in [2.05, 4.69) is 25.6 Å². The number of thiophene rings is 1. The summed E-state index contributed by atoms with van der Waals surface area (Å²) in [6, 6.07) is 4.44. The average Bonchev–Trinajstić information content (AvgIpc) is 2.50. The summed E-state index contributed by atoms with van der Waals surface area (Å²) < 4.78 is 0. The highest BCUT2D eigenvalue weighted by molar-refractivity contribution is 7.12. The minimum atomic E-state index is 0.141. The molecule has 1 aromatic heterocycles. The van der Waals surface area contributed by atoms with Crippen LogP contribution in [0.4, 0.5) is 0 Å². The van der Waals surface area contributed by atoms with Crippen molar-refractivity contribution in [2.75, 3.05) is 0 Å². The molecule has 0 aromatic carbocycles. The van der Waals surface area contributed by atoms with E-state index in [0.717, 1.165) is 18.4 Å². The van der Waals surface area contributed by atoms with Crippen molar-refractivity contribution in [3.63, 3.8) is 0 Å². The standard InChI is InChI=1S/C11H17NS/c1-4-9-5-6-11(13-9)10(12)7-8(2)3/h5-6,10H,2,4,7,12H2,1,3H3. The number of rotatable bonds is 4. The van der Waals surface area contributed by atoms with Gasteiger partial charge in [-0.25, -0.2) is 0 Å². The summed E-state index contributed by atoms with van der Waals surface area (Å²) in [4.78, 5) is 2.69. The van der Waals surface area contributed by atoms with Crippen molar-refractivity contribution in [2.24, 2.45) is 5.73 Å². The van der Waals surface area contributed by atoms with Crippen molar-refractivity contribution in [3.05, 3.63) is 34.0 Å². The molecule has 0 saturated heterocycles. The Labute approximate surface area is 84.3 Å². The molecule has 1 aromatic rings. The Hall–Kier alpha value is -0.600. The minimum absolute atomic E-state index is 0.141. The quantitative estimate of drug-likeness (QED) is 0.733. The summed E-state index contributed by atoms with van der Waals surface area (Å²) in [6.07, 6.45) is 1.99. The number of nitrogens with two attached hydrogens (primary N) is 1. The Bertz CT molecular complexity index is 288. The average molecular weight is 195 g/mol. The Balaban J connectivity index is 2.65. The van der Waals surface area contributed by atoms with Gasteiger partial charge in [0.1, 0.15) is 0 Å². The van der Waals surface area contributed by atoms with E-state index in [-0.39, 0.29) is 6.04 Å². The van der Waals surface area contributed by atoms with Gasteiger partial charge in [0, 0.05) is 15.8 Å². The van der Waals surface area contributed by atoms with Gasteiger partial charge in [-0.1, -0.05) is 12.5 Å². The van der Waals surface area contributed by atoms with Crippen LogP contribution in [-0.4, -0.2) is 0 Å². The van der Waals surface area contributed by atoms with E-state index in [9.17, 15) is 0 Å². The number of aryl methyl sites for hydroxylation is 1. The van der Waals surface area contributed by atoms with E-state index in [1.807, 2.05) is 18.3 Å². The fraction of sp³-hybridized carbons (Fsp3) is 0.455. The van der Waals surface area contributed by atoms with E-state index >= 15 is 0 Å². The molecule has 0 aliphatic carbocycles. The summed E-state index contributed by atoms with van der Waals surface area (Å²) >= 11 is 1.82. The molecule has 0 saturated carbocycles. The van der Waals surface area contributed by atoms with Crippen molar-refractivity contribution < 1.29 is 0 Å². The summed E-state index contributed by atoms with van der Waals surface area (Å²) in [5, 5.41) is 0. The van der Waals surface area contributed by atoms with Gasteiger partial charge >= 0.3 is 0 Å². The molecule has 2 N–H and O–H groups in total. The van der Waals surface area contributed by atoms with E-state index in [4.69, 9.17) is 5.73 Å². The maximum Gasteiger partial charge on any atom is 0.0427 e. The van der Waals surface area contributed by atoms with Crippen molar-refractivity contribution in [1.29, 1.82) is 0 Å². The lowest BCUT2D eigenvalue weighted by molar-refractivity contribution is 0.731. The second-order valence-electron chi connectivity index (χ2n) is 3.43. The lowest BCUT2D eigenvalue weighted by Gasteiger charge is -2.08. The molecule has 72 valence electrons. The highest BCUT2D eigenvalue weighted by atomic mass is 32.1. The van der Waals surface area contributed by atoms with Crippen LogP contribution in [0.1, 0.15) is 36.1 Å². The van der Waals surface area contributed by atoms with Gasteiger partial charge in [0.25, 0.3) is 0 Å². The predicted molar refractivity (Wildman–Crippen MR) is 60.1 cm³/mol. The first-order chi connectivity index (χ1) is 6.13. The molecule has 0 amide bonds. The summed E-state index contributed by atoms with van der Waals surface area (Å²) in [7, 11) is 0. The Morgan fingerprint density at radius 3 is 2.77 bits per heavy atom. The van der Waals surface area contributed by atoms with Gasteiger partial charge in [0.05, 0.1) is 0 Å². The van der Waals surface area contributed by atoms with Crippen LogP contribution in [0.3, 0.4) is 0 Å². The summed E-state index contributed by atoms with van der Waals surface area (Å²) in [5.41, 5.74) is 7.17. The second-order valence-corrected chi connectivity index (χ2v) is 4.63. The topological polar surface area (TPSA) is 26.0 Å². The number of hydrogen-bond donors (Lipinski definition) is 1. The van der Waals surface area contributed by atoms with Crippen molar-refractivity contribution in [2.45, 2.75) is 32.7 Å². The molecule has 13 heavy (non-hydrogen) atoms. The molecule has 0 fully saturated rings. The van der Waals surface area contributed by atoms with Crippen LogP contribution in [0.5, 0.6) is 0 Å². The molecule has 0 aliphatic heterocycles. The van der Waals surface area contributed by atoms with E-state index in [1.54, 1.807) is 0 Å². The van der Waals surface area contributed by atoms with Gasteiger partial charge in [-0.05, 0) is 31.9 Å². The zero-order valence-electron chi connectivity index (χ0n) is 8.34. The van der Waals surface area contributed by atoms with Crippen LogP contribution in [0.2, 0.25) is 0 Å². The maximum absolute atomic E-state index is 6.01. The molecular formula is C11H17NS. The molecule has 1 rings (SSSR count). The molecule has 1 heterocycles. The largest absolute Gasteiger partial charge is 0.323 e. The fourth-order valence-electron chi connectivity index (χ4n) is 1.26. The van der Waals surface area contributed by atoms with Crippen LogP contribution in [0.15, 0.2) is 24.3 Å². The first kappa shape index (κ1) is 10.5. The van der Waals surface area contributed by atoms with Gasteiger partial charge in [-0.2, -0.15) is 0 Å². The summed E-state index contributed by atoms with van der Waals surface area (Å²) in [5.74, 6) is 0. The van der Waals surface area contributed by atoms with Crippen LogP contribution in [-0.2, 0) is 6.42 Å². The molecule has 1 unspecified atom stereocenters. The zero-order chi connectivity index (χ0) is 9.84. The Morgan fingerprint density at radius 2 is 2.31 bits per heavy atom. The minimum Gasteiger partial charge on any atom is -0.323 e. The van der Waals surface area contributed by atoms with Crippen LogP contribution < -0.4 is 5.73 Å². The lowest BCUT2D eigenvalue weighted by atomic mass is 10.1. The zero-order valence-corrected chi connectivity index (χ0v) is 9.16. The molecule has 0 spiro atoms. The third-order valence-corrected chi connectivity index (χ3v) is 3.33. The van der Waals surface area contributed by atoms with E-state index < -0.39 is 0 Å². The van der Waals surface area contributed by atoms with Crippen molar-refractivity contribution in [3.8, 4) is 0 Å². The van der Waals surface area contributed by atoms with Crippen LogP contribution in [0.25, 0.3) is 0 Å². The van der Waals surface area contributed by atoms with Gasteiger partial charge in [-0.3, -0.25) is 0 Å². The molecule has 2 heteroatoms.